The molecule has 0 bridgehead atoms. The van der Waals surface area contributed by atoms with Gasteiger partial charge in [-0.2, -0.15) is 0 Å². The van der Waals surface area contributed by atoms with Crippen molar-refractivity contribution in [3.63, 3.8) is 0 Å². The lowest BCUT2D eigenvalue weighted by molar-refractivity contribution is -0.152. The highest BCUT2D eigenvalue weighted by atomic mass is 32.1. The normalized spacial score (nSPS) is 9.31. The first-order valence-electron chi connectivity index (χ1n) is 3.60. The molecule has 0 fully saturated rings. The van der Waals surface area contributed by atoms with E-state index in [0.29, 0.717) is 5.82 Å². The fraction of sp³-hybridized carbons (Fsp3) is 0.286. The van der Waals surface area contributed by atoms with Crippen molar-refractivity contribution >= 4 is 29.0 Å². The van der Waals surface area contributed by atoms with Gasteiger partial charge in [-0.25, -0.2) is 9.78 Å². The van der Waals surface area contributed by atoms with Crippen LogP contribution in [-0.4, -0.2) is 23.5 Å². The quantitative estimate of drug-likeness (QED) is 0.562. The average molecular weight is 200 g/mol. The van der Waals surface area contributed by atoms with Crippen LogP contribution in [0, 0.1) is 0 Å². The van der Waals surface area contributed by atoms with Crippen LogP contribution in [0.1, 0.15) is 6.92 Å². The van der Waals surface area contributed by atoms with E-state index >= 15 is 0 Å². The number of nitrogens with zero attached hydrogens (tertiary/aromatic N) is 1. The van der Waals surface area contributed by atoms with E-state index in [1.54, 1.807) is 17.8 Å². The smallest absolute Gasteiger partial charge is 0.397 e. The Kier molecular flexibility index (Phi) is 3.39. The molecule has 1 rings (SSSR count). The van der Waals surface area contributed by atoms with Crippen LogP contribution in [0.25, 0.3) is 0 Å². The monoisotopic (exact) mass is 200 g/mol. The van der Waals surface area contributed by atoms with E-state index in [-0.39, 0.29) is 6.61 Å². The molecule has 0 aliphatic heterocycles. The SMILES string of the molecule is CCOC(=O)C(=O)Nc1cscn1. The van der Waals surface area contributed by atoms with Gasteiger partial charge >= 0.3 is 11.9 Å². The minimum atomic E-state index is -0.893. The van der Waals surface area contributed by atoms with Gasteiger partial charge in [-0.3, -0.25) is 4.79 Å². The van der Waals surface area contributed by atoms with E-state index in [1.807, 2.05) is 0 Å². The molecule has 5 nitrogen and oxygen atoms in total. The minimum absolute atomic E-state index is 0.184. The standard InChI is InChI=1S/C7H8N2O3S/c1-2-12-7(11)6(10)9-5-3-13-4-8-5/h3-4H,2H2,1H3,(H,9,10). The van der Waals surface area contributed by atoms with Gasteiger partial charge in [0.25, 0.3) is 0 Å². The number of carbonyl (C=O) groups excluding carboxylic acids is 2. The number of hydrogen-bond donors (Lipinski definition) is 1. The first-order chi connectivity index (χ1) is 6.24. The summed E-state index contributed by atoms with van der Waals surface area (Å²) in [6.45, 7) is 1.82. The van der Waals surface area contributed by atoms with Crippen molar-refractivity contribution in [2.45, 2.75) is 6.92 Å². The third-order valence-corrected chi connectivity index (χ3v) is 1.72. The largest absolute Gasteiger partial charge is 0.459 e. The van der Waals surface area contributed by atoms with Gasteiger partial charge in [0.15, 0.2) is 0 Å². The molecule has 6 heteroatoms. The van der Waals surface area contributed by atoms with Gasteiger partial charge in [0, 0.05) is 5.38 Å². The second kappa shape index (κ2) is 4.56. The average Bonchev–Trinajstić information content (AvgIpc) is 2.57. The molecule has 1 aromatic heterocycles. The zero-order valence-electron chi connectivity index (χ0n) is 6.94. The molecular formula is C7H8N2O3S. The number of aromatic nitrogens is 1. The Hall–Kier alpha value is -1.43. The highest BCUT2D eigenvalue weighted by Crippen LogP contribution is 2.06. The highest BCUT2D eigenvalue weighted by Gasteiger charge is 2.14. The van der Waals surface area contributed by atoms with Crippen LogP contribution < -0.4 is 5.32 Å². The van der Waals surface area contributed by atoms with Crippen molar-refractivity contribution in [2.24, 2.45) is 0 Å². The molecule has 70 valence electrons. The Balaban J connectivity index is 2.46. The van der Waals surface area contributed by atoms with Crippen molar-refractivity contribution in [3.8, 4) is 0 Å². The molecule has 0 aliphatic rings. The van der Waals surface area contributed by atoms with E-state index in [9.17, 15) is 9.59 Å². The van der Waals surface area contributed by atoms with Gasteiger partial charge in [-0.05, 0) is 6.92 Å². The number of esters is 1. The van der Waals surface area contributed by atoms with Gasteiger partial charge in [-0.1, -0.05) is 0 Å². The van der Waals surface area contributed by atoms with Crippen LogP contribution in [0.4, 0.5) is 5.82 Å². The maximum atomic E-state index is 11.0. The van der Waals surface area contributed by atoms with E-state index < -0.39 is 11.9 Å². The molecule has 0 unspecified atom stereocenters. The zero-order chi connectivity index (χ0) is 9.68. The Morgan fingerprint density at radius 1 is 1.69 bits per heavy atom. The van der Waals surface area contributed by atoms with Gasteiger partial charge in [0.05, 0.1) is 12.1 Å². The molecule has 0 radical (unpaired) electrons. The van der Waals surface area contributed by atoms with Gasteiger partial charge in [0.2, 0.25) is 0 Å². The van der Waals surface area contributed by atoms with Crippen LogP contribution >= 0.6 is 11.3 Å². The van der Waals surface area contributed by atoms with Crippen LogP contribution in [0.3, 0.4) is 0 Å². The molecule has 1 amide bonds. The number of anilines is 1. The Morgan fingerprint density at radius 2 is 2.46 bits per heavy atom. The summed E-state index contributed by atoms with van der Waals surface area (Å²) < 4.78 is 4.48. The summed E-state index contributed by atoms with van der Waals surface area (Å²) in [4.78, 5) is 25.6. The second-order valence-electron chi connectivity index (χ2n) is 2.05. The highest BCUT2D eigenvalue weighted by molar-refractivity contribution is 7.07. The molecule has 1 heterocycles. The predicted molar refractivity (Wildman–Crippen MR) is 47.4 cm³/mol. The molecule has 1 N–H and O–H groups in total. The number of ether oxygens (including phenoxy) is 1. The first kappa shape index (κ1) is 9.66. The maximum absolute atomic E-state index is 11.0. The van der Waals surface area contributed by atoms with E-state index in [0.717, 1.165) is 0 Å². The van der Waals surface area contributed by atoms with Crippen molar-refractivity contribution in [2.75, 3.05) is 11.9 Å². The minimum Gasteiger partial charge on any atom is -0.459 e. The summed E-state index contributed by atoms with van der Waals surface area (Å²) in [7, 11) is 0. The van der Waals surface area contributed by atoms with Crippen molar-refractivity contribution in [3.05, 3.63) is 10.9 Å². The lowest BCUT2D eigenvalue weighted by Gasteiger charge is -2.00. The molecular weight excluding hydrogens is 192 g/mol. The summed E-state index contributed by atoms with van der Waals surface area (Å²) in [5.41, 5.74) is 1.56. The van der Waals surface area contributed by atoms with E-state index in [4.69, 9.17) is 0 Å². The van der Waals surface area contributed by atoms with Crippen molar-refractivity contribution in [1.29, 1.82) is 0 Å². The van der Waals surface area contributed by atoms with Crippen LogP contribution in [0.5, 0.6) is 0 Å². The Labute approximate surface area is 78.7 Å². The fourth-order valence-electron chi connectivity index (χ4n) is 0.638. The molecule has 0 atom stereocenters. The number of hydrogen-bond acceptors (Lipinski definition) is 5. The number of rotatable bonds is 2. The van der Waals surface area contributed by atoms with Crippen LogP contribution in [-0.2, 0) is 14.3 Å². The molecule has 0 aromatic carbocycles. The van der Waals surface area contributed by atoms with Gasteiger partial charge in [0.1, 0.15) is 5.82 Å². The van der Waals surface area contributed by atoms with E-state index in [1.165, 1.54) is 11.3 Å². The summed E-state index contributed by atoms with van der Waals surface area (Å²) in [6, 6.07) is 0. The third-order valence-electron chi connectivity index (χ3n) is 1.13. The number of nitrogens with one attached hydrogen (secondary N) is 1. The first-order valence-corrected chi connectivity index (χ1v) is 4.54. The number of carbonyl (C=O) groups is 2. The zero-order valence-corrected chi connectivity index (χ0v) is 7.76. The Bertz CT molecular complexity index is 297. The molecule has 0 aliphatic carbocycles. The summed E-state index contributed by atoms with van der Waals surface area (Å²) in [6.07, 6.45) is 0. The van der Waals surface area contributed by atoms with Crippen LogP contribution in [0.2, 0.25) is 0 Å². The Morgan fingerprint density at radius 3 is 3.00 bits per heavy atom. The predicted octanol–water partition coefficient (Wildman–Crippen LogP) is 0.645. The lowest BCUT2D eigenvalue weighted by Crippen LogP contribution is -2.25. The summed E-state index contributed by atoms with van der Waals surface area (Å²) in [5, 5.41) is 3.91. The van der Waals surface area contributed by atoms with Gasteiger partial charge < -0.3 is 10.1 Å². The molecule has 0 saturated heterocycles. The topological polar surface area (TPSA) is 68.3 Å². The summed E-state index contributed by atoms with van der Waals surface area (Å²) in [5.74, 6) is -1.33. The van der Waals surface area contributed by atoms with E-state index in [2.05, 4.69) is 15.0 Å². The van der Waals surface area contributed by atoms with Crippen LogP contribution in [0.15, 0.2) is 10.9 Å². The van der Waals surface area contributed by atoms with Crippen molar-refractivity contribution in [1.82, 2.24) is 4.98 Å². The summed E-state index contributed by atoms with van der Waals surface area (Å²) >= 11 is 1.33. The fourth-order valence-corrected chi connectivity index (χ4v) is 1.12. The number of amides is 1. The third kappa shape index (κ3) is 2.83. The maximum Gasteiger partial charge on any atom is 0.397 e. The number of thiazole rings is 1. The lowest BCUT2D eigenvalue weighted by atomic mass is 10.6. The molecule has 0 spiro atoms. The molecule has 0 saturated carbocycles. The second-order valence-corrected chi connectivity index (χ2v) is 2.77. The molecule has 13 heavy (non-hydrogen) atoms. The van der Waals surface area contributed by atoms with Crippen molar-refractivity contribution < 1.29 is 14.3 Å². The molecule has 1 aromatic rings. The van der Waals surface area contributed by atoms with Gasteiger partial charge in [-0.15, -0.1) is 11.3 Å².